The minimum Gasteiger partial charge on any atom is -0.497 e. The molecule has 0 aliphatic heterocycles. The van der Waals surface area contributed by atoms with E-state index >= 15 is 0 Å². The van der Waals surface area contributed by atoms with E-state index in [0.717, 1.165) is 12.8 Å². The van der Waals surface area contributed by atoms with Crippen LogP contribution in [0.3, 0.4) is 0 Å². The zero-order chi connectivity index (χ0) is 21.5. The van der Waals surface area contributed by atoms with E-state index in [-0.39, 0.29) is 24.5 Å². The Hall–Kier alpha value is -3.02. The van der Waals surface area contributed by atoms with Gasteiger partial charge in [-0.25, -0.2) is 0 Å². The maximum atomic E-state index is 12.6. The van der Waals surface area contributed by atoms with E-state index in [4.69, 9.17) is 9.47 Å². The van der Waals surface area contributed by atoms with E-state index < -0.39 is 0 Å². The number of carbonyl (C=O) groups excluding carboxylic acids is 2. The molecule has 2 amide bonds. The zero-order valence-electron chi connectivity index (χ0n) is 17.8. The first kappa shape index (κ1) is 21.7. The molecule has 6 heteroatoms. The van der Waals surface area contributed by atoms with Crippen LogP contribution < -0.4 is 20.1 Å². The first-order valence-electron chi connectivity index (χ1n) is 10.4. The highest BCUT2D eigenvalue weighted by Crippen LogP contribution is 2.29. The maximum absolute atomic E-state index is 12.6. The molecule has 0 spiro atoms. The van der Waals surface area contributed by atoms with Gasteiger partial charge in [-0.15, -0.1) is 0 Å². The molecule has 2 aromatic carbocycles. The third-order valence-corrected chi connectivity index (χ3v) is 5.86. The van der Waals surface area contributed by atoms with Gasteiger partial charge in [0.15, 0.2) is 6.61 Å². The lowest BCUT2D eigenvalue weighted by Gasteiger charge is -2.34. The van der Waals surface area contributed by atoms with Crippen LogP contribution in [0.25, 0.3) is 0 Å². The number of nitrogens with one attached hydrogen (secondary N) is 2. The monoisotopic (exact) mass is 410 g/mol. The topological polar surface area (TPSA) is 76.7 Å². The summed E-state index contributed by atoms with van der Waals surface area (Å²) in [6.07, 6.45) is 3.41. The molecular formula is C24H30N2O4. The number of ether oxygens (including phenoxy) is 2. The number of benzene rings is 2. The highest BCUT2D eigenvalue weighted by molar-refractivity contribution is 5.94. The largest absolute Gasteiger partial charge is 0.497 e. The van der Waals surface area contributed by atoms with Gasteiger partial charge >= 0.3 is 0 Å². The normalized spacial score (nSPS) is 20.8. The summed E-state index contributed by atoms with van der Waals surface area (Å²) >= 11 is 0. The van der Waals surface area contributed by atoms with Crippen LogP contribution >= 0.6 is 0 Å². The zero-order valence-corrected chi connectivity index (χ0v) is 17.8. The van der Waals surface area contributed by atoms with Crippen LogP contribution in [-0.4, -0.2) is 31.6 Å². The molecule has 0 saturated heterocycles. The van der Waals surface area contributed by atoms with Crippen molar-refractivity contribution < 1.29 is 19.1 Å². The fraction of sp³-hybridized carbons (Fsp3) is 0.417. The average Bonchev–Trinajstić information content (AvgIpc) is 2.76. The highest BCUT2D eigenvalue weighted by atomic mass is 16.5. The predicted octanol–water partition coefficient (Wildman–Crippen LogP) is 4.27. The van der Waals surface area contributed by atoms with Gasteiger partial charge in [-0.1, -0.05) is 32.8 Å². The Morgan fingerprint density at radius 1 is 1.03 bits per heavy atom. The molecule has 2 aromatic rings. The second-order valence-electron chi connectivity index (χ2n) is 7.94. The van der Waals surface area contributed by atoms with Gasteiger partial charge in [0, 0.05) is 23.4 Å². The van der Waals surface area contributed by atoms with Gasteiger partial charge in [0.05, 0.1) is 7.11 Å². The van der Waals surface area contributed by atoms with Crippen molar-refractivity contribution in [1.82, 2.24) is 5.32 Å². The number of rotatable bonds is 7. The Labute approximate surface area is 178 Å². The van der Waals surface area contributed by atoms with Crippen LogP contribution in [0.4, 0.5) is 5.69 Å². The van der Waals surface area contributed by atoms with E-state index in [2.05, 4.69) is 24.5 Å². The lowest BCUT2D eigenvalue weighted by molar-refractivity contribution is -0.118. The molecule has 30 heavy (non-hydrogen) atoms. The van der Waals surface area contributed by atoms with E-state index in [0.29, 0.717) is 34.6 Å². The summed E-state index contributed by atoms with van der Waals surface area (Å²) in [5.41, 5.74) is 1.23. The smallest absolute Gasteiger partial charge is 0.262 e. The molecule has 1 fully saturated rings. The summed E-state index contributed by atoms with van der Waals surface area (Å²) in [4.78, 5) is 24.7. The van der Waals surface area contributed by atoms with Crippen molar-refractivity contribution in [2.24, 2.45) is 11.8 Å². The molecular weight excluding hydrogens is 380 g/mol. The van der Waals surface area contributed by atoms with E-state index in [1.165, 1.54) is 6.42 Å². The highest BCUT2D eigenvalue weighted by Gasteiger charge is 2.28. The van der Waals surface area contributed by atoms with Crippen molar-refractivity contribution in [3.05, 3.63) is 54.1 Å². The van der Waals surface area contributed by atoms with Gasteiger partial charge in [-0.2, -0.15) is 0 Å². The first-order valence-corrected chi connectivity index (χ1v) is 10.4. The van der Waals surface area contributed by atoms with E-state index in [1.54, 1.807) is 55.6 Å². The van der Waals surface area contributed by atoms with Crippen molar-refractivity contribution >= 4 is 17.5 Å². The summed E-state index contributed by atoms with van der Waals surface area (Å²) in [6.45, 7) is 4.34. The molecule has 0 heterocycles. The quantitative estimate of drug-likeness (QED) is 0.715. The Morgan fingerprint density at radius 2 is 1.80 bits per heavy atom. The molecule has 0 aromatic heterocycles. The SMILES string of the molecule is COc1cccc(NC(=O)COc2ccc(C(=O)NC3CCCC(C)C3C)cc2)c1. The third kappa shape index (κ3) is 5.75. The number of hydrogen-bond donors (Lipinski definition) is 2. The van der Waals surface area contributed by atoms with Crippen LogP contribution in [-0.2, 0) is 4.79 Å². The van der Waals surface area contributed by atoms with Gasteiger partial charge in [0.2, 0.25) is 0 Å². The van der Waals surface area contributed by atoms with Gasteiger partial charge in [-0.05, 0) is 54.7 Å². The van der Waals surface area contributed by atoms with Crippen molar-refractivity contribution in [2.75, 3.05) is 19.0 Å². The lowest BCUT2D eigenvalue weighted by atomic mass is 9.78. The number of carbonyl (C=O) groups is 2. The lowest BCUT2D eigenvalue weighted by Crippen LogP contribution is -2.43. The van der Waals surface area contributed by atoms with Crippen LogP contribution in [0.2, 0.25) is 0 Å². The summed E-state index contributed by atoms with van der Waals surface area (Å²) in [7, 11) is 1.57. The summed E-state index contributed by atoms with van der Waals surface area (Å²) in [6, 6.07) is 14.2. The predicted molar refractivity (Wildman–Crippen MR) is 117 cm³/mol. The van der Waals surface area contributed by atoms with E-state index in [1.807, 2.05) is 0 Å². The molecule has 1 saturated carbocycles. The van der Waals surface area contributed by atoms with Crippen molar-refractivity contribution in [2.45, 2.75) is 39.2 Å². The Kier molecular flexibility index (Phi) is 7.33. The van der Waals surface area contributed by atoms with Gasteiger partial charge in [-0.3, -0.25) is 9.59 Å². The number of methoxy groups -OCH3 is 1. The average molecular weight is 411 g/mol. The van der Waals surface area contributed by atoms with Gasteiger partial charge in [0.25, 0.3) is 11.8 Å². The summed E-state index contributed by atoms with van der Waals surface area (Å²) in [5, 5.41) is 5.93. The van der Waals surface area contributed by atoms with Crippen molar-refractivity contribution in [1.29, 1.82) is 0 Å². The van der Waals surface area contributed by atoms with E-state index in [9.17, 15) is 9.59 Å². The standard InChI is InChI=1S/C24H30N2O4/c1-16-6-4-9-22(17(16)2)26-24(28)18-10-12-20(13-11-18)30-15-23(27)25-19-7-5-8-21(14-19)29-3/h5,7-8,10-14,16-17,22H,4,6,9,15H2,1-3H3,(H,25,27)(H,26,28). The Bertz CT molecular complexity index is 866. The molecule has 0 radical (unpaired) electrons. The molecule has 3 rings (SSSR count). The minimum atomic E-state index is -0.273. The Balaban J connectivity index is 1.49. The third-order valence-electron chi connectivity index (χ3n) is 5.86. The summed E-state index contributed by atoms with van der Waals surface area (Å²) in [5.74, 6) is 1.97. The fourth-order valence-electron chi connectivity index (χ4n) is 3.79. The minimum absolute atomic E-state index is 0.0664. The Morgan fingerprint density at radius 3 is 2.53 bits per heavy atom. The fourth-order valence-corrected chi connectivity index (χ4v) is 3.79. The molecule has 3 unspecified atom stereocenters. The molecule has 0 bridgehead atoms. The maximum Gasteiger partial charge on any atom is 0.262 e. The molecule has 6 nitrogen and oxygen atoms in total. The van der Waals surface area contributed by atoms with Crippen molar-refractivity contribution in [3.63, 3.8) is 0 Å². The van der Waals surface area contributed by atoms with Crippen LogP contribution in [0.1, 0.15) is 43.5 Å². The van der Waals surface area contributed by atoms with Crippen LogP contribution in [0.15, 0.2) is 48.5 Å². The molecule has 1 aliphatic carbocycles. The van der Waals surface area contributed by atoms with Gasteiger partial charge < -0.3 is 20.1 Å². The molecule has 2 N–H and O–H groups in total. The second-order valence-corrected chi connectivity index (χ2v) is 7.94. The second kappa shape index (κ2) is 10.1. The number of anilines is 1. The molecule has 3 atom stereocenters. The number of amides is 2. The molecule has 1 aliphatic rings. The van der Waals surface area contributed by atoms with Crippen LogP contribution in [0.5, 0.6) is 11.5 Å². The van der Waals surface area contributed by atoms with Gasteiger partial charge in [0.1, 0.15) is 11.5 Å². The van der Waals surface area contributed by atoms with Crippen LogP contribution in [0, 0.1) is 11.8 Å². The molecule has 160 valence electrons. The number of hydrogen-bond acceptors (Lipinski definition) is 4. The summed E-state index contributed by atoms with van der Waals surface area (Å²) < 4.78 is 10.7. The van der Waals surface area contributed by atoms with Crippen molar-refractivity contribution in [3.8, 4) is 11.5 Å². The first-order chi connectivity index (χ1) is 14.5.